The lowest BCUT2D eigenvalue weighted by molar-refractivity contribution is 0.489. The van der Waals surface area contributed by atoms with E-state index in [0.29, 0.717) is 6.54 Å². The Hall–Kier alpha value is -1.21. The van der Waals surface area contributed by atoms with Gasteiger partial charge in [0.2, 0.25) is 0 Å². The van der Waals surface area contributed by atoms with Gasteiger partial charge in [0, 0.05) is 18.9 Å². The van der Waals surface area contributed by atoms with Crippen molar-refractivity contribution < 1.29 is 0 Å². The van der Waals surface area contributed by atoms with Crippen molar-refractivity contribution in [3.8, 4) is 0 Å². The molecule has 0 aromatic carbocycles. The molecular formula is C8H11BrN6. The van der Waals surface area contributed by atoms with E-state index in [1.165, 1.54) is 0 Å². The first-order valence-electron chi connectivity index (χ1n) is 4.55. The van der Waals surface area contributed by atoms with Crippen molar-refractivity contribution >= 4 is 15.9 Å². The molecule has 2 heterocycles. The molecule has 0 spiro atoms. The van der Waals surface area contributed by atoms with Gasteiger partial charge in [-0.2, -0.15) is 5.10 Å². The number of hydrogen-bond acceptors (Lipinski definition) is 4. The molecule has 2 N–H and O–H groups in total. The summed E-state index contributed by atoms with van der Waals surface area (Å²) in [4.78, 5) is 0. The number of aryl methyl sites for hydroxylation is 2. The van der Waals surface area contributed by atoms with Crippen LogP contribution in [-0.2, 0) is 19.6 Å². The highest BCUT2D eigenvalue weighted by Crippen LogP contribution is 2.06. The number of hydrogen-bond donors (Lipinski definition) is 1. The maximum absolute atomic E-state index is 5.43. The maximum atomic E-state index is 5.43. The van der Waals surface area contributed by atoms with Crippen LogP contribution in [-0.4, -0.2) is 24.8 Å². The van der Waals surface area contributed by atoms with Gasteiger partial charge in [0.15, 0.2) is 0 Å². The predicted molar refractivity (Wildman–Crippen MR) is 57.8 cm³/mol. The van der Waals surface area contributed by atoms with Gasteiger partial charge in [-0.25, -0.2) is 0 Å². The van der Waals surface area contributed by atoms with E-state index < -0.39 is 0 Å². The van der Waals surface area contributed by atoms with Crippen molar-refractivity contribution in [1.29, 1.82) is 0 Å². The molecule has 2 aromatic rings. The standard InChI is InChI=1S/C8H11BrN6/c9-7-4-11-14(5-7)1-2-15-6-8(3-10)12-13-15/h4-6H,1-3,10H2. The third-order valence-corrected chi connectivity index (χ3v) is 2.36. The fraction of sp³-hybridized carbons (Fsp3) is 0.375. The number of rotatable bonds is 4. The van der Waals surface area contributed by atoms with Crippen molar-refractivity contribution in [3.05, 3.63) is 28.8 Å². The number of nitrogens with zero attached hydrogens (tertiary/aromatic N) is 5. The van der Waals surface area contributed by atoms with Crippen LogP contribution in [0.5, 0.6) is 0 Å². The summed E-state index contributed by atoms with van der Waals surface area (Å²) in [5.41, 5.74) is 6.24. The summed E-state index contributed by atoms with van der Waals surface area (Å²) in [5, 5.41) is 12.0. The molecule has 15 heavy (non-hydrogen) atoms. The highest BCUT2D eigenvalue weighted by atomic mass is 79.9. The van der Waals surface area contributed by atoms with Crippen LogP contribution in [0.3, 0.4) is 0 Å². The monoisotopic (exact) mass is 270 g/mol. The van der Waals surface area contributed by atoms with Crippen LogP contribution in [0.4, 0.5) is 0 Å². The zero-order valence-corrected chi connectivity index (χ0v) is 9.63. The van der Waals surface area contributed by atoms with Gasteiger partial charge in [-0.05, 0) is 15.9 Å². The molecule has 0 aliphatic heterocycles. The molecule has 0 saturated heterocycles. The van der Waals surface area contributed by atoms with Crippen LogP contribution in [0.1, 0.15) is 5.69 Å². The normalized spacial score (nSPS) is 10.8. The Balaban J connectivity index is 1.93. The van der Waals surface area contributed by atoms with Gasteiger partial charge in [-0.15, -0.1) is 5.10 Å². The van der Waals surface area contributed by atoms with E-state index in [1.807, 2.05) is 17.1 Å². The van der Waals surface area contributed by atoms with Crippen LogP contribution in [0.25, 0.3) is 0 Å². The van der Waals surface area contributed by atoms with Crippen molar-refractivity contribution in [1.82, 2.24) is 24.8 Å². The minimum atomic E-state index is 0.424. The molecule has 0 bridgehead atoms. The smallest absolute Gasteiger partial charge is 0.0962 e. The Kier molecular flexibility index (Phi) is 3.12. The van der Waals surface area contributed by atoms with E-state index in [-0.39, 0.29) is 0 Å². The summed E-state index contributed by atoms with van der Waals surface area (Å²) in [6.07, 6.45) is 5.52. The number of aromatic nitrogens is 5. The second kappa shape index (κ2) is 4.54. The van der Waals surface area contributed by atoms with Gasteiger partial charge >= 0.3 is 0 Å². The van der Waals surface area contributed by atoms with Gasteiger partial charge < -0.3 is 5.73 Å². The average molecular weight is 271 g/mol. The van der Waals surface area contributed by atoms with Gasteiger partial charge in [-0.1, -0.05) is 5.21 Å². The lowest BCUT2D eigenvalue weighted by atomic mass is 10.5. The van der Waals surface area contributed by atoms with Crippen molar-refractivity contribution in [2.24, 2.45) is 5.73 Å². The summed E-state index contributed by atoms with van der Waals surface area (Å²) in [5.74, 6) is 0. The van der Waals surface area contributed by atoms with Crippen LogP contribution in [0.2, 0.25) is 0 Å². The highest BCUT2D eigenvalue weighted by Gasteiger charge is 1.99. The Morgan fingerprint density at radius 1 is 1.27 bits per heavy atom. The first kappa shape index (κ1) is 10.3. The first-order chi connectivity index (χ1) is 7.28. The lowest BCUT2D eigenvalue weighted by Crippen LogP contribution is -2.08. The molecule has 0 fully saturated rings. The van der Waals surface area contributed by atoms with E-state index in [2.05, 4.69) is 31.3 Å². The zero-order valence-electron chi connectivity index (χ0n) is 8.04. The summed E-state index contributed by atoms with van der Waals surface area (Å²) >= 11 is 3.34. The third kappa shape index (κ3) is 2.63. The quantitative estimate of drug-likeness (QED) is 0.873. The van der Waals surface area contributed by atoms with Gasteiger partial charge in [0.1, 0.15) is 0 Å². The lowest BCUT2D eigenvalue weighted by Gasteiger charge is -2.00. The van der Waals surface area contributed by atoms with Gasteiger partial charge in [0.25, 0.3) is 0 Å². The van der Waals surface area contributed by atoms with E-state index in [1.54, 1.807) is 10.9 Å². The fourth-order valence-electron chi connectivity index (χ4n) is 1.21. The van der Waals surface area contributed by atoms with Crippen LogP contribution >= 0.6 is 15.9 Å². The minimum Gasteiger partial charge on any atom is -0.325 e. The molecule has 0 aliphatic carbocycles. The Bertz CT molecular complexity index is 434. The number of nitrogens with two attached hydrogens (primary N) is 1. The molecule has 2 aromatic heterocycles. The highest BCUT2D eigenvalue weighted by molar-refractivity contribution is 9.10. The molecule has 0 saturated carbocycles. The molecule has 2 rings (SSSR count). The topological polar surface area (TPSA) is 74.5 Å². The molecule has 0 radical (unpaired) electrons. The molecular weight excluding hydrogens is 260 g/mol. The van der Waals surface area contributed by atoms with E-state index in [9.17, 15) is 0 Å². The Morgan fingerprint density at radius 2 is 2.07 bits per heavy atom. The van der Waals surface area contributed by atoms with Crippen molar-refractivity contribution in [3.63, 3.8) is 0 Å². The summed E-state index contributed by atoms with van der Waals surface area (Å²) < 4.78 is 4.58. The molecule has 0 aliphatic rings. The van der Waals surface area contributed by atoms with Crippen molar-refractivity contribution in [2.45, 2.75) is 19.6 Å². The summed E-state index contributed by atoms with van der Waals surface area (Å²) in [6.45, 7) is 1.92. The van der Waals surface area contributed by atoms with Crippen molar-refractivity contribution in [2.75, 3.05) is 0 Å². The number of halogens is 1. The third-order valence-electron chi connectivity index (χ3n) is 1.96. The minimum absolute atomic E-state index is 0.424. The Morgan fingerprint density at radius 3 is 2.67 bits per heavy atom. The predicted octanol–water partition coefficient (Wildman–Crippen LogP) is 0.396. The molecule has 7 heteroatoms. The second-order valence-electron chi connectivity index (χ2n) is 3.10. The second-order valence-corrected chi connectivity index (χ2v) is 4.01. The van der Waals surface area contributed by atoms with Crippen LogP contribution in [0, 0.1) is 0 Å². The van der Waals surface area contributed by atoms with E-state index >= 15 is 0 Å². The van der Waals surface area contributed by atoms with E-state index in [0.717, 1.165) is 23.3 Å². The summed E-state index contributed by atoms with van der Waals surface area (Å²) in [7, 11) is 0. The molecule has 80 valence electrons. The SMILES string of the molecule is NCc1cn(CCn2cc(Br)cn2)nn1. The maximum Gasteiger partial charge on any atom is 0.0962 e. The molecule has 0 amide bonds. The zero-order chi connectivity index (χ0) is 10.7. The van der Waals surface area contributed by atoms with Crippen LogP contribution < -0.4 is 5.73 Å². The molecule has 6 nitrogen and oxygen atoms in total. The van der Waals surface area contributed by atoms with E-state index in [4.69, 9.17) is 5.73 Å². The largest absolute Gasteiger partial charge is 0.325 e. The first-order valence-corrected chi connectivity index (χ1v) is 5.34. The fourth-order valence-corrected chi connectivity index (χ4v) is 1.53. The molecule has 0 atom stereocenters. The van der Waals surface area contributed by atoms with Gasteiger partial charge in [-0.3, -0.25) is 9.36 Å². The summed E-state index contributed by atoms with van der Waals surface area (Å²) in [6, 6.07) is 0. The molecule has 0 unspecified atom stereocenters. The van der Waals surface area contributed by atoms with Gasteiger partial charge in [0.05, 0.1) is 29.5 Å². The Labute approximate surface area is 95.2 Å². The van der Waals surface area contributed by atoms with Crippen LogP contribution in [0.15, 0.2) is 23.1 Å². The average Bonchev–Trinajstić information content (AvgIpc) is 2.83.